The molecular weight excluding hydrogens is 346 g/mol. The van der Waals surface area contributed by atoms with Gasteiger partial charge in [0.05, 0.1) is 17.9 Å². The summed E-state index contributed by atoms with van der Waals surface area (Å²) < 4.78 is 1.59. The molecule has 25 heavy (non-hydrogen) atoms. The Morgan fingerprint density at radius 1 is 1.40 bits per heavy atom. The van der Waals surface area contributed by atoms with Crippen molar-refractivity contribution in [2.75, 3.05) is 19.6 Å². The van der Waals surface area contributed by atoms with Gasteiger partial charge >= 0.3 is 0 Å². The van der Waals surface area contributed by atoms with Crippen molar-refractivity contribution < 1.29 is 9.90 Å². The van der Waals surface area contributed by atoms with Gasteiger partial charge in [-0.05, 0) is 25.0 Å². The molecule has 0 saturated carbocycles. The second kappa shape index (κ2) is 7.55. The molecule has 138 valence electrons. The molecule has 2 aromatic heterocycles. The van der Waals surface area contributed by atoms with Crippen LogP contribution in [-0.4, -0.2) is 51.5 Å². The summed E-state index contributed by atoms with van der Waals surface area (Å²) in [6.45, 7) is 5.39. The van der Waals surface area contributed by atoms with Crippen LogP contribution in [0.15, 0.2) is 4.79 Å². The standard InChI is InChI=1S/C16H23N5O3.ClH/c1-8-11(4-13(23)18-6-10-5-17-7-12(10)22)9(2)19-15-14(8)16(24)20-21(15)3;/h10,12,17,22H,4-7H2,1-3H3,(H,18,23)(H,20,24);1H. The third-order valence-corrected chi connectivity index (χ3v) is 4.78. The SMILES string of the molecule is Cc1nc2c(c(C)c1CC(=O)NCC1CNCC1O)c(=O)[nH]n2C.Cl. The second-order valence-electron chi connectivity index (χ2n) is 6.47. The third kappa shape index (κ3) is 3.70. The van der Waals surface area contributed by atoms with Gasteiger partial charge in [0.2, 0.25) is 5.91 Å². The highest BCUT2D eigenvalue weighted by atomic mass is 35.5. The fourth-order valence-electron chi connectivity index (χ4n) is 3.30. The van der Waals surface area contributed by atoms with Gasteiger partial charge in [-0.3, -0.25) is 19.4 Å². The van der Waals surface area contributed by atoms with E-state index in [4.69, 9.17) is 0 Å². The molecule has 0 radical (unpaired) electrons. The molecule has 0 aliphatic carbocycles. The van der Waals surface area contributed by atoms with Gasteiger partial charge in [0.15, 0.2) is 5.65 Å². The van der Waals surface area contributed by atoms with Crippen LogP contribution in [0.3, 0.4) is 0 Å². The lowest BCUT2D eigenvalue weighted by Crippen LogP contribution is -2.35. The fraction of sp³-hybridized carbons (Fsp3) is 0.562. The van der Waals surface area contributed by atoms with Gasteiger partial charge in [0.25, 0.3) is 5.56 Å². The van der Waals surface area contributed by atoms with Gasteiger partial charge in [-0.15, -0.1) is 12.4 Å². The summed E-state index contributed by atoms with van der Waals surface area (Å²) in [6.07, 6.45) is -0.250. The average molecular weight is 370 g/mol. The number of H-pyrrole nitrogens is 1. The summed E-state index contributed by atoms with van der Waals surface area (Å²) in [5, 5.41) is 18.9. The summed E-state index contributed by atoms with van der Waals surface area (Å²) in [6, 6.07) is 0. The predicted octanol–water partition coefficient (Wildman–Crippen LogP) is -0.461. The molecule has 8 nitrogen and oxygen atoms in total. The van der Waals surface area contributed by atoms with Gasteiger partial charge in [-0.25, -0.2) is 4.98 Å². The summed E-state index contributed by atoms with van der Waals surface area (Å²) >= 11 is 0. The molecule has 3 heterocycles. The summed E-state index contributed by atoms with van der Waals surface area (Å²) in [5.74, 6) is -0.0949. The Kier molecular flexibility index (Phi) is 5.87. The van der Waals surface area contributed by atoms with Crippen LogP contribution in [0.1, 0.15) is 16.8 Å². The molecule has 0 aromatic carbocycles. The van der Waals surface area contributed by atoms with Crippen molar-refractivity contribution in [3.8, 4) is 0 Å². The van der Waals surface area contributed by atoms with Crippen LogP contribution in [0.25, 0.3) is 11.0 Å². The highest BCUT2D eigenvalue weighted by molar-refractivity contribution is 5.85. The largest absolute Gasteiger partial charge is 0.391 e. The zero-order chi connectivity index (χ0) is 17.4. The monoisotopic (exact) mass is 369 g/mol. The number of carbonyl (C=O) groups is 1. The number of nitrogens with one attached hydrogen (secondary N) is 3. The van der Waals surface area contributed by atoms with Crippen molar-refractivity contribution in [1.82, 2.24) is 25.4 Å². The van der Waals surface area contributed by atoms with E-state index in [2.05, 4.69) is 20.7 Å². The minimum atomic E-state index is -0.422. The van der Waals surface area contributed by atoms with Crippen molar-refractivity contribution in [1.29, 1.82) is 0 Å². The van der Waals surface area contributed by atoms with E-state index >= 15 is 0 Å². The number of rotatable bonds is 4. The molecule has 1 fully saturated rings. The van der Waals surface area contributed by atoms with Crippen LogP contribution in [0, 0.1) is 19.8 Å². The highest BCUT2D eigenvalue weighted by Gasteiger charge is 2.25. The van der Waals surface area contributed by atoms with E-state index in [1.165, 1.54) is 0 Å². The van der Waals surface area contributed by atoms with E-state index < -0.39 is 6.10 Å². The van der Waals surface area contributed by atoms with Gasteiger partial charge in [0.1, 0.15) is 0 Å². The van der Waals surface area contributed by atoms with Crippen molar-refractivity contribution in [2.45, 2.75) is 26.4 Å². The smallest absolute Gasteiger partial charge is 0.273 e. The van der Waals surface area contributed by atoms with Gasteiger partial charge in [0, 0.05) is 38.3 Å². The van der Waals surface area contributed by atoms with E-state index in [0.717, 1.165) is 16.8 Å². The lowest BCUT2D eigenvalue weighted by molar-refractivity contribution is -0.120. The van der Waals surface area contributed by atoms with Gasteiger partial charge in [-0.1, -0.05) is 0 Å². The molecule has 2 unspecified atom stereocenters. The molecule has 0 spiro atoms. The van der Waals surface area contributed by atoms with E-state index in [1.54, 1.807) is 11.7 Å². The normalized spacial score (nSPS) is 19.8. The maximum Gasteiger partial charge on any atom is 0.273 e. The van der Waals surface area contributed by atoms with Crippen molar-refractivity contribution >= 4 is 29.3 Å². The molecule has 1 aliphatic heterocycles. The Balaban J connectivity index is 0.00000225. The number of pyridine rings is 1. The number of halogens is 1. The minimum absolute atomic E-state index is 0. The number of aliphatic hydroxyl groups excluding tert-OH is 1. The second-order valence-corrected chi connectivity index (χ2v) is 6.47. The minimum Gasteiger partial charge on any atom is -0.391 e. The molecule has 9 heteroatoms. The molecule has 1 amide bonds. The molecule has 3 rings (SSSR count). The number of nitrogens with zero attached hydrogens (tertiary/aromatic N) is 2. The predicted molar refractivity (Wildman–Crippen MR) is 97.1 cm³/mol. The highest BCUT2D eigenvalue weighted by Crippen LogP contribution is 2.20. The van der Waals surface area contributed by atoms with E-state index in [9.17, 15) is 14.7 Å². The Bertz CT molecular complexity index is 844. The number of aliphatic hydroxyl groups is 1. The van der Waals surface area contributed by atoms with Crippen LogP contribution in [0.4, 0.5) is 0 Å². The number of hydrogen-bond acceptors (Lipinski definition) is 5. The molecule has 0 bridgehead atoms. The number of hydrogen-bond donors (Lipinski definition) is 4. The van der Waals surface area contributed by atoms with Crippen LogP contribution >= 0.6 is 12.4 Å². The average Bonchev–Trinajstić information content (AvgIpc) is 3.05. The maximum atomic E-state index is 12.3. The lowest BCUT2D eigenvalue weighted by atomic mass is 10.0. The summed E-state index contributed by atoms with van der Waals surface area (Å²) in [5.41, 5.74) is 2.71. The number of aromatic amines is 1. The first-order valence-electron chi connectivity index (χ1n) is 8.08. The molecule has 2 atom stereocenters. The number of β-amino-alcohol motifs (C(OH)–C–C–N with tert-alkyl or cyclic N) is 1. The van der Waals surface area contributed by atoms with Crippen LogP contribution in [0.5, 0.6) is 0 Å². The summed E-state index contributed by atoms with van der Waals surface area (Å²) in [4.78, 5) is 28.8. The van der Waals surface area contributed by atoms with Crippen LogP contribution < -0.4 is 16.2 Å². The molecule has 2 aromatic rings. The quantitative estimate of drug-likeness (QED) is 0.582. The number of carbonyl (C=O) groups excluding carboxylic acids is 1. The first-order chi connectivity index (χ1) is 11.4. The molecule has 1 saturated heterocycles. The van der Waals surface area contributed by atoms with Gasteiger partial charge < -0.3 is 15.7 Å². The number of amides is 1. The molecular formula is C16H24ClN5O3. The number of fused-ring (bicyclic) bond motifs is 1. The number of aromatic nitrogens is 3. The molecule has 1 aliphatic rings. The van der Waals surface area contributed by atoms with Gasteiger partial charge in [-0.2, -0.15) is 0 Å². The Morgan fingerprint density at radius 2 is 2.12 bits per heavy atom. The van der Waals surface area contributed by atoms with Crippen LogP contribution in [0.2, 0.25) is 0 Å². The van der Waals surface area contributed by atoms with E-state index in [1.807, 2.05) is 13.8 Å². The van der Waals surface area contributed by atoms with Crippen LogP contribution in [-0.2, 0) is 18.3 Å². The van der Waals surface area contributed by atoms with Crippen molar-refractivity contribution in [3.05, 3.63) is 27.2 Å². The first kappa shape index (κ1) is 19.4. The fourth-order valence-corrected chi connectivity index (χ4v) is 3.30. The zero-order valence-corrected chi connectivity index (χ0v) is 15.4. The topological polar surface area (TPSA) is 112 Å². The first-order valence-corrected chi connectivity index (χ1v) is 8.08. The van der Waals surface area contributed by atoms with E-state index in [0.29, 0.717) is 30.7 Å². The van der Waals surface area contributed by atoms with Crippen molar-refractivity contribution in [2.24, 2.45) is 13.0 Å². The third-order valence-electron chi connectivity index (χ3n) is 4.78. The van der Waals surface area contributed by atoms with Crippen molar-refractivity contribution in [3.63, 3.8) is 0 Å². The lowest BCUT2D eigenvalue weighted by Gasteiger charge is -2.15. The maximum absolute atomic E-state index is 12.3. The number of aryl methyl sites for hydroxylation is 3. The summed E-state index contributed by atoms with van der Waals surface area (Å²) in [7, 11) is 1.74. The zero-order valence-electron chi connectivity index (χ0n) is 14.5. The Hall–Kier alpha value is -1.90. The molecule has 4 N–H and O–H groups in total. The van der Waals surface area contributed by atoms with E-state index in [-0.39, 0.29) is 36.2 Å². The Labute approximate surface area is 151 Å². The Morgan fingerprint density at radius 3 is 2.76 bits per heavy atom.